The highest BCUT2D eigenvalue weighted by atomic mass is 32.2. The average Bonchev–Trinajstić information content (AvgIpc) is 2.77. The van der Waals surface area contributed by atoms with Crippen LogP contribution in [-0.2, 0) is 23.8 Å². The van der Waals surface area contributed by atoms with E-state index in [2.05, 4.69) is 8.92 Å². The van der Waals surface area contributed by atoms with Gasteiger partial charge in [-0.3, -0.25) is 4.90 Å². The number of carbonyl (C=O) groups excluding carboxylic acids is 1. The van der Waals surface area contributed by atoms with Crippen molar-refractivity contribution in [2.24, 2.45) is 11.8 Å². The number of hydrogen-bond acceptors (Lipinski definition) is 6. The van der Waals surface area contributed by atoms with E-state index in [1.54, 1.807) is 11.8 Å². The summed E-state index contributed by atoms with van der Waals surface area (Å²) in [4.78, 5) is 13.0. The van der Waals surface area contributed by atoms with Gasteiger partial charge < -0.3 is 8.92 Å². The lowest BCUT2D eigenvalue weighted by atomic mass is 9.70. The van der Waals surface area contributed by atoms with E-state index in [9.17, 15) is 30.8 Å². The van der Waals surface area contributed by atoms with Crippen molar-refractivity contribution in [3.05, 3.63) is 59.2 Å². The lowest BCUT2D eigenvalue weighted by molar-refractivity contribution is -0.134. The first-order chi connectivity index (χ1) is 17.4. The van der Waals surface area contributed by atoms with E-state index in [0.29, 0.717) is 5.57 Å². The maximum Gasteiger partial charge on any atom is 0.534 e. The van der Waals surface area contributed by atoms with E-state index >= 15 is 8.78 Å². The number of allylic oxidation sites excluding steroid dienone is 7. The zero-order chi connectivity index (χ0) is 28.6. The molecule has 0 bridgehead atoms. The minimum Gasteiger partial charge on any atom is -0.466 e. The topological polar surface area (TPSA) is 72.9 Å². The molecule has 1 heterocycles. The number of halogens is 6. The molecule has 0 spiro atoms. The molecule has 2 aliphatic carbocycles. The number of ether oxygens (including phenoxy) is 1. The van der Waals surface area contributed by atoms with Crippen LogP contribution in [0.3, 0.4) is 0 Å². The van der Waals surface area contributed by atoms with E-state index in [1.807, 2.05) is 0 Å². The zero-order valence-corrected chi connectivity index (χ0v) is 22.0. The highest BCUT2D eigenvalue weighted by molar-refractivity contribution is 7.87. The number of hydrogen-bond donors (Lipinski definition) is 0. The third-order valence-corrected chi connectivity index (χ3v) is 7.60. The van der Waals surface area contributed by atoms with Crippen molar-refractivity contribution in [3.8, 4) is 0 Å². The largest absolute Gasteiger partial charge is 0.534 e. The maximum atomic E-state index is 15.6. The maximum absolute atomic E-state index is 15.6. The number of fused-ring (bicyclic) bond motifs is 1. The minimum atomic E-state index is -5.89. The van der Waals surface area contributed by atoms with Gasteiger partial charge in [-0.15, -0.1) is 0 Å². The van der Waals surface area contributed by atoms with E-state index < -0.39 is 68.9 Å². The summed E-state index contributed by atoms with van der Waals surface area (Å²) in [5, 5.41) is 0. The third-order valence-electron chi connectivity index (χ3n) is 6.60. The monoisotopic (exact) mass is 569 g/mol. The van der Waals surface area contributed by atoms with Crippen molar-refractivity contribution in [2.45, 2.75) is 63.0 Å². The molecular formula is C25H29F6NO5S. The van der Waals surface area contributed by atoms with Crippen LogP contribution in [0.15, 0.2) is 59.2 Å². The number of alkyl halides is 5. The minimum absolute atomic E-state index is 0.0833. The van der Waals surface area contributed by atoms with Crippen molar-refractivity contribution in [1.82, 2.24) is 4.90 Å². The highest BCUT2D eigenvalue weighted by Gasteiger charge is 2.51. The Kier molecular flexibility index (Phi) is 8.62. The second-order valence-corrected chi connectivity index (χ2v) is 11.7. The summed E-state index contributed by atoms with van der Waals surface area (Å²) < 4.78 is 116. The fraction of sp³-hybridized carbons (Fsp3) is 0.560. The molecule has 0 aromatic rings. The van der Waals surface area contributed by atoms with Gasteiger partial charge in [0.1, 0.15) is 23.4 Å². The molecule has 0 aromatic carbocycles. The molecule has 5 unspecified atom stereocenters. The number of rotatable bonds is 7. The Hall–Kier alpha value is -2.54. The Labute approximate surface area is 217 Å². The Morgan fingerprint density at radius 1 is 1.21 bits per heavy atom. The zero-order valence-electron chi connectivity index (χ0n) is 21.1. The van der Waals surface area contributed by atoms with Gasteiger partial charge in [-0.25, -0.2) is 18.0 Å². The fourth-order valence-corrected chi connectivity index (χ4v) is 5.58. The molecular weight excluding hydrogens is 540 g/mol. The van der Waals surface area contributed by atoms with E-state index in [0.717, 1.165) is 31.4 Å². The third kappa shape index (κ3) is 6.71. The number of carbonyl (C=O) groups is 1. The van der Waals surface area contributed by atoms with Crippen molar-refractivity contribution < 1.29 is 48.5 Å². The molecule has 0 amide bonds. The van der Waals surface area contributed by atoms with Crippen molar-refractivity contribution in [1.29, 1.82) is 0 Å². The summed E-state index contributed by atoms with van der Waals surface area (Å²) in [7, 11) is -4.74. The predicted molar refractivity (Wildman–Crippen MR) is 127 cm³/mol. The first-order valence-corrected chi connectivity index (χ1v) is 13.2. The summed E-state index contributed by atoms with van der Waals surface area (Å²) in [6.45, 7) is 4.16. The van der Waals surface area contributed by atoms with Gasteiger partial charge in [-0.05, 0) is 68.6 Å². The van der Waals surface area contributed by atoms with Gasteiger partial charge in [0.15, 0.2) is 0 Å². The number of esters is 1. The first kappa shape index (κ1) is 30.0. The standard InChI is InChI=1S/C25H29F6NO5S/c1-14-9-16-12-17(37-38(34,35)25(29,30)31)6-7-18(16)23(32(14)13-24(2,3)28)22-19(26)10-15(11-20(22)27)5-8-21(33)36-4/h5-8,10-11,14,16,19,22-23H,9,12-13H2,1-4H3/b8-5+. The van der Waals surface area contributed by atoms with Crippen LogP contribution in [0.1, 0.15) is 33.6 Å². The molecule has 0 aromatic heterocycles. The molecule has 1 saturated heterocycles. The lowest BCUT2D eigenvalue weighted by Gasteiger charge is -2.51. The summed E-state index contributed by atoms with van der Waals surface area (Å²) in [5.41, 5.74) is -6.85. The Morgan fingerprint density at radius 3 is 2.42 bits per heavy atom. The molecule has 212 valence electrons. The molecule has 5 atom stereocenters. The molecule has 0 saturated carbocycles. The van der Waals surface area contributed by atoms with Gasteiger partial charge in [0.25, 0.3) is 0 Å². The quantitative estimate of drug-likeness (QED) is 0.135. The van der Waals surface area contributed by atoms with Gasteiger partial charge >= 0.3 is 21.6 Å². The van der Waals surface area contributed by atoms with Crippen LogP contribution < -0.4 is 0 Å². The second kappa shape index (κ2) is 10.9. The predicted octanol–water partition coefficient (Wildman–Crippen LogP) is 5.37. The number of piperidine rings is 1. The first-order valence-electron chi connectivity index (χ1n) is 11.8. The van der Waals surface area contributed by atoms with Crippen molar-refractivity contribution in [2.75, 3.05) is 13.7 Å². The summed E-state index contributed by atoms with van der Waals surface area (Å²) in [5.74, 6) is -4.05. The molecule has 3 aliphatic rings. The van der Waals surface area contributed by atoms with Crippen LogP contribution in [0.5, 0.6) is 0 Å². The summed E-state index contributed by atoms with van der Waals surface area (Å²) >= 11 is 0. The normalized spacial score (nSPS) is 29.2. The molecule has 38 heavy (non-hydrogen) atoms. The van der Waals surface area contributed by atoms with E-state index in [4.69, 9.17) is 0 Å². The molecule has 1 fully saturated rings. The van der Waals surface area contributed by atoms with Gasteiger partial charge in [0.05, 0.1) is 13.0 Å². The molecule has 1 aliphatic heterocycles. The van der Waals surface area contributed by atoms with Crippen LogP contribution in [-0.4, -0.2) is 62.4 Å². The Bertz CT molecular complexity index is 1200. The van der Waals surface area contributed by atoms with Crippen molar-refractivity contribution >= 4 is 16.1 Å². The number of nitrogens with zero attached hydrogens (tertiary/aromatic N) is 1. The summed E-state index contributed by atoms with van der Waals surface area (Å²) in [6, 6.07) is -1.48. The van der Waals surface area contributed by atoms with E-state index in [1.165, 1.54) is 26.0 Å². The fourth-order valence-electron chi connectivity index (χ4n) is 5.08. The SMILES string of the molecule is COC(=O)/C=C/C1=CC(F)C(C2C3=CC=C(OS(=O)(=O)C(F)(F)F)CC3CC(C)N2CC(C)(C)F)C(F)=C1. The van der Waals surface area contributed by atoms with Gasteiger partial charge in [-0.2, -0.15) is 21.6 Å². The molecule has 3 rings (SSSR count). The smallest absolute Gasteiger partial charge is 0.466 e. The molecule has 13 heteroatoms. The van der Waals surface area contributed by atoms with E-state index in [-0.39, 0.29) is 25.0 Å². The Morgan fingerprint density at radius 2 is 1.87 bits per heavy atom. The van der Waals surface area contributed by atoms with Crippen LogP contribution >= 0.6 is 0 Å². The van der Waals surface area contributed by atoms with Gasteiger partial charge in [-0.1, -0.05) is 6.08 Å². The number of methoxy groups -OCH3 is 1. The molecule has 0 radical (unpaired) electrons. The average molecular weight is 570 g/mol. The number of likely N-dealkylation sites (tertiary alicyclic amines) is 1. The van der Waals surface area contributed by atoms with Gasteiger partial charge in [0.2, 0.25) is 0 Å². The summed E-state index contributed by atoms with van der Waals surface area (Å²) in [6.07, 6.45) is 4.83. The molecule has 6 nitrogen and oxygen atoms in total. The lowest BCUT2D eigenvalue weighted by Crippen LogP contribution is -2.57. The van der Waals surface area contributed by atoms with Crippen LogP contribution in [0, 0.1) is 11.8 Å². The highest BCUT2D eigenvalue weighted by Crippen LogP contribution is 2.47. The Balaban J connectivity index is 2.02. The molecule has 0 N–H and O–H groups in total. The van der Waals surface area contributed by atoms with Crippen molar-refractivity contribution in [3.63, 3.8) is 0 Å². The van der Waals surface area contributed by atoms with Crippen LogP contribution in [0.25, 0.3) is 0 Å². The van der Waals surface area contributed by atoms with Gasteiger partial charge in [0, 0.05) is 31.1 Å². The van der Waals surface area contributed by atoms with Crippen LogP contribution in [0.4, 0.5) is 26.3 Å². The second-order valence-electron chi connectivity index (χ2n) is 10.1. The van der Waals surface area contributed by atoms with Crippen LogP contribution in [0.2, 0.25) is 0 Å².